The van der Waals surface area contributed by atoms with Gasteiger partial charge in [-0.25, -0.2) is 4.79 Å². The second-order valence-corrected chi connectivity index (χ2v) is 7.62. The van der Waals surface area contributed by atoms with Crippen LogP contribution in [-0.2, 0) is 6.42 Å². The molecule has 1 aliphatic heterocycles. The predicted molar refractivity (Wildman–Crippen MR) is 105 cm³/mol. The van der Waals surface area contributed by atoms with Crippen LogP contribution >= 0.6 is 11.3 Å². The lowest BCUT2D eigenvalue weighted by atomic mass is 9.98. The number of nitrogens with one attached hydrogen (secondary N) is 1. The molecular formula is C20H22N4O2S. The number of carbonyl (C=O) groups is 1. The molecule has 1 N–H and O–H groups in total. The van der Waals surface area contributed by atoms with Gasteiger partial charge in [0.05, 0.1) is 10.8 Å². The van der Waals surface area contributed by atoms with Gasteiger partial charge in [0.2, 0.25) is 5.89 Å². The van der Waals surface area contributed by atoms with Crippen LogP contribution in [0.2, 0.25) is 0 Å². The van der Waals surface area contributed by atoms with Gasteiger partial charge in [-0.05, 0) is 36.3 Å². The summed E-state index contributed by atoms with van der Waals surface area (Å²) in [6.45, 7) is 2.01. The summed E-state index contributed by atoms with van der Waals surface area (Å²) in [5.41, 5.74) is 1.22. The zero-order valence-corrected chi connectivity index (χ0v) is 15.8. The van der Waals surface area contributed by atoms with E-state index >= 15 is 0 Å². The first-order valence-corrected chi connectivity index (χ1v) is 10.1. The number of likely N-dealkylation sites (tertiary alicyclic amines) is 1. The molecule has 2 amide bonds. The zero-order valence-electron chi connectivity index (χ0n) is 15.0. The fraction of sp³-hybridized carbons (Fsp3) is 0.350. The van der Waals surface area contributed by atoms with E-state index in [4.69, 9.17) is 4.42 Å². The Labute approximate surface area is 162 Å². The summed E-state index contributed by atoms with van der Waals surface area (Å²) in [5, 5.41) is 13.4. The number of rotatable bonds is 5. The Morgan fingerprint density at radius 2 is 2.11 bits per heavy atom. The van der Waals surface area contributed by atoms with Crippen molar-refractivity contribution in [1.82, 2.24) is 20.4 Å². The fourth-order valence-electron chi connectivity index (χ4n) is 3.33. The summed E-state index contributed by atoms with van der Waals surface area (Å²) in [6.07, 6.45) is 2.73. The fourth-order valence-corrected chi connectivity index (χ4v) is 3.98. The van der Waals surface area contributed by atoms with Gasteiger partial charge in [0.1, 0.15) is 0 Å². The number of benzene rings is 1. The van der Waals surface area contributed by atoms with Crippen LogP contribution in [0.25, 0.3) is 10.8 Å². The molecule has 1 aliphatic rings. The number of nitrogens with zero attached hydrogens (tertiary/aromatic N) is 3. The summed E-state index contributed by atoms with van der Waals surface area (Å²) in [4.78, 5) is 15.3. The first-order chi connectivity index (χ1) is 13.3. The van der Waals surface area contributed by atoms with E-state index in [0.717, 1.165) is 30.7 Å². The van der Waals surface area contributed by atoms with Gasteiger partial charge in [0.15, 0.2) is 0 Å². The smallest absolute Gasteiger partial charge is 0.317 e. The van der Waals surface area contributed by atoms with Crippen molar-refractivity contribution in [1.29, 1.82) is 0 Å². The van der Waals surface area contributed by atoms with Gasteiger partial charge >= 0.3 is 6.03 Å². The van der Waals surface area contributed by atoms with Gasteiger partial charge in [-0.2, -0.15) is 0 Å². The predicted octanol–water partition coefficient (Wildman–Crippen LogP) is 3.93. The molecule has 4 rings (SSSR count). The van der Waals surface area contributed by atoms with Crippen molar-refractivity contribution in [3.05, 3.63) is 59.3 Å². The highest BCUT2D eigenvalue weighted by Gasteiger charge is 2.28. The summed E-state index contributed by atoms with van der Waals surface area (Å²) >= 11 is 1.58. The number of hydrogen-bond donors (Lipinski definition) is 1. The largest absolute Gasteiger partial charge is 0.420 e. The second-order valence-electron chi connectivity index (χ2n) is 6.68. The monoisotopic (exact) mass is 382 g/mol. The van der Waals surface area contributed by atoms with Crippen LogP contribution in [0.3, 0.4) is 0 Å². The van der Waals surface area contributed by atoms with E-state index < -0.39 is 0 Å². The maximum absolute atomic E-state index is 12.5. The molecule has 1 saturated heterocycles. The summed E-state index contributed by atoms with van der Waals surface area (Å²) in [5.74, 6) is 1.28. The molecule has 0 aliphatic carbocycles. The highest BCUT2D eigenvalue weighted by molar-refractivity contribution is 7.13. The van der Waals surface area contributed by atoms with Gasteiger partial charge in [-0.15, -0.1) is 21.5 Å². The van der Waals surface area contributed by atoms with E-state index in [1.165, 1.54) is 5.56 Å². The van der Waals surface area contributed by atoms with E-state index in [2.05, 4.69) is 27.6 Å². The van der Waals surface area contributed by atoms with Crippen molar-refractivity contribution in [2.45, 2.75) is 25.2 Å². The summed E-state index contributed by atoms with van der Waals surface area (Å²) < 4.78 is 5.86. The number of thiophene rings is 1. The average molecular weight is 382 g/mol. The van der Waals surface area contributed by atoms with Crippen LogP contribution in [0.15, 0.2) is 52.3 Å². The SMILES string of the molecule is O=C(NCCc1ccccc1)N1CCCC(c2nnc(-c3cccs3)o2)C1. The third-order valence-electron chi connectivity index (χ3n) is 4.76. The Balaban J connectivity index is 1.32. The Morgan fingerprint density at radius 1 is 1.22 bits per heavy atom. The molecule has 0 radical (unpaired) electrons. The lowest BCUT2D eigenvalue weighted by molar-refractivity contribution is 0.174. The molecule has 0 bridgehead atoms. The topological polar surface area (TPSA) is 71.3 Å². The number of hydrogen-bond acceptors (Lipinski definition) is 5. The van der Waals surface area contributed by atoms with Crippen LogP contribution in [0, 0.1) is 0 Å². The molecule has 1 unspecified atom stereocenters. The Bertz CT molecular complexity index is 863. The van der Waals surface area contributed by atoms with Gasteiger partial charge < -0.3 is 14.6 Å². The molecule has 1 atom stereocenters. The van der Waals surface area contributed by atoms with Gasteiger partial charge in [-0.3, -0.25) is 0 Å². The summed E-state index contributed by atoms with van der Waals surface area (Å²) in [6, 6.07) is 14.1. The van der Waals surface area contributed by atoms with Crippen molar-refractivity contribution in [2.75, 3.05) is 19.6 Å². The molecule has 1 aromatic carbocycles. The van der Waals surface area contributed by atoms with Crippen molar-refractivity contribution in [2.24, 2.45) is 0 Å². The molecule has 27 heavy (non-hydrogen) atoms. The lowest BCUT2D eigenvalue weighted by Crippen LogP contribution is -2.45. The molecule has 0 spiro atoms. The highest BCUT2D eigenvalue weighted by Crippen LogP contribution is 2.29. The minimum absolute atomic E-state index is 0.0198. The van der Waals surface area contributed by atoms with Crippen LogP contribution in [0.5, 0.6) is 0 Å². The minimum Gasteiger partial charge on any atom is -0.420 e. The Morgan fingerprint density at radius 3 is 2.93 bits per heavy atom. The van der Waals surface area contributed by atoms with Gasteiger partial charge in [0, 0.05) is 19.6 Å². The average Bonchev–Trinajstić information content (AvgIpc) is 3.40. The minimum atomic E-state index is -0.0198. The molecule has 2 aromatic heterocycles. The Kier molecular flexibility index (Phi) is 5.48. The molecule has 0 saturated carbocycles. The quantitative estimate of drug-likeness (QED) is 0.726. The van der Waals surface area contributed by atoms with Gasteiger partial charge in [-0.1, -0.05) is 36.4 Å². The normalized spacial score (nSPS) is 17.0. The first kappa shape index (κ1) is 17.7. The van der Waals surface area contributed by atoms with Crippen molar-refractivity contribution in [3.8, 4) is 10.8 Å². The van der Waals surface area contributed by atoms with Crippen LogP contribution in [0.4, 0.5) is 4.79 Å². The molecule has 3 aromatic rings. The maximum atomic E-state index is 12.5. The van der Waals surface area contributed by atoms with Crippen molar-refractivity contribution >= 4 is 17.4 Å². The number of aromatic nitrogens is 2. The summed E-state index contributed by atoms with van der Waals surface area (Å²) in [7, 11) is 0. The third kappa shape index (κ3) is 4.36. The molecule has 7 heteroatoms. The molecular weight excluding hydrogens is 360 g/mol. The van der Waals surface area contributed by atoms with E-state index in [1.807, 2.05) is 40.6 Å². The maximum Gasteiger partial charge on any atom is 0.317 e. The number of urea groups is 1. The Hall–Kier alpha value is -2.67. The molecule has 1 fully saturated rings. The third-order valence-corrected chi connectivity index (χ3v) is 5.62. The van der Waals surface area contributed by atoms with Crippen molar-refractivity contribution < 1.29 is 9.21 Å². The van der Waals surface area contributed by atoms with E-state index in [-0.39, 0.29) is 11.9 Å². The van der Waals surface area contributed by atoms with E-state index in [9.17, 15) is 4.79 Å². The molecule has 3 heterocycles. The van der Waals surface area contributed by atoms with Crippen LogP contribution < -0.4 is 5.32 Å². The number of carbonyl (C=O) groups excluding carboxylic acids is 1. The lowest BCUT2D eigenvalue weighted by Gasteiger charge is -2.31. The second kappa shape index (κ2) is 8.35. The van der Waals surface area contributed by atoms with Gasteiger partial charge in [0.25, 0.3) is 5.89 Å². The van der Waals surface area contributed by atoms with Crippen LogP contribution in [-0.4, -0.2) is 40.8 Å². The van der Waals surface area contributed by atoms with E-state index in [1.54, 1.807) is 11.3 Å². The highest BCUT2D eigenvalue weighted by atomic mass is 32.1. The van der Waals surface area contributed by atoms with Crippen LogP contribution in [0.1, 0.15) is 30.2 Å². The standard InChI is InChI=1S/C20H22N4O2S/c25-20(21-11-10-15-6-2-1-3-7-15)24-12-4-8-16(14-24)18-22-23-19(26-18)17-9-5-13-27-17/h1-3,5-7,9,13,16H,4,8,10-12,14H2,(H,21,25). The number of amides is 2. The zero-order chi connectivity index (χ0) is 18.5. The molecule has 140 valence electrons. The number of piperidine rings is 1. The van der Waals surface area contributed by atoms with E-state index in [0.29, 0.717) is 24.9 Å². The molecule has 6 nitrogen and oxygen atoms in total. The van der Waals surface area contributed by atoms with Crippen molar-refractivity contribution in [3.63, 3.8) is 0 Å². The first-order valence-electron chi connectivity index (χ1n) is 9.23.